The van der Waals surface area contributed by atoms with E-state index >= 15 is 0 Å². The van der Waals surface area contributed by atoms with E-state index in [1.165, 1.54) is 11.1 Å². The number of phenolic OH excluding ortho intramolecular Hbond substituents is 2. The number of hydrogen-bond donors (Lipinski definition) is 2. The molecule has 2 nitrogen and oxygen atoms in total. The summed E-state index contributed by atoms with van der Waals surface area (Å²) in [5.41, 5.74) is 5.70. The summed E-state index contributed by atoms with van der Waals surface area (Å²) in [5.74, 6) is 0.381. The lowest BCUT2D eigenvalue weighted by molar-refractivity contribution is 0.452. The van der Waals surface area contributed by atoms with Crippen molar-refractivity contribution < 1.29 is 10.2 Å². The molecule has 0 fully saturated rings. The maximum Gasteiger partial charge on any atom is 0.122 e. The monoisotopic (exact) mass is 422 g/mol. The fourth-order valence-electron chi connectivity index (χ4n) is 3.85. The first kappa shape index (κ1) is 22.4. The molecule has 0 aliphatic carbocycles. The fourth-order valence-corrected chi connectivity index (χ4v) is 4.71. The van der Waals surface area contributed by atoms with Gasteiger partial charge in [0, 0.05) is 16.0 Å². The van der Waals surface area contributed by atoms with Crippen molar-refractivity contribution in [3.8, 4) is 11.5 Å². The van der Waals surface area contributed by atoms with Gasteiger partial charge in [-0.15, -0.1) is 11.3 Å². The molecule has 2 aromatic carbocycles. The van der Waals surface area contributed by atoms with Crippen LogP contribution < -0.4 is 0 Å². The maximum absolute atomic E-state index is 11.1. The molecule has 0 bridgehead atoms. The highest BCUT2D eigenvalue weighted by molar-refractivity contribution is 7.10. The molecule has 0 aliphatic rings. The smallest absolute Gasteiger partial charge is 0.122 e. The third-order valence-corrected chi connectivity index (χ3v) is 6.78. The largest absolute Gasteiger partial charge is 0.507 e. The first-order valence-electron chi connectivity index (χ1n) is 10.5. The Kier molecular flexibility index (Phi) is 5.81. The van der Waals surface area contributed by atoms with Gasteiger partial charge in [0.2, 0.25) is 0 Å². The molecular formula is C27H34O2S. The lowest BCUT2D eigenvalue weighted by Crippen LogP contribution is -2.15. The van der Waals surface area contributed by atoms with Crippen LogP contribution in [-0.4, -0.2) is 10.2 Å². The highest BCUT2D eigenvalue weighted by Crippen LogP contribution is 2.46. The summed E-state index contributed by atoms with van der Waals surface area (Å²) in [7, 11) is 0. The van der Waals surface area contributed by atoms with Crippen molar-refractivity contribution in [2.45, 2.75) is 72.1 Å². The van der Waals surface area contributed by atoms with Gasteiger partial charge in [-0.3, -0.25) is 0 Å². The summed E-state index contributed by atoms with van der Waals surface area (Å²) < 4.78 is 0. The molecule has 0 unspecified atom stereocenters. The van der Waals surface area contributed by atoms with Crippen molar-refractivity contribution in [1.82, 2.24) is 0 Å². The third-order valence-electron chi connectivity index (χ3n) is 5.84. The van der Waals surface area contributed by atoms with Gasteiger partial charge >= 0.3 is 0 Å². The SMILES string of the molecule is Cc1cc(C(C)(C)C)cc(C(c2cccs2)c2cc(C(C)(C)C)cc(C)c2O)c1O. The number of aryl methyl sites for hydroxylation is 2. The summed E-state index contributed by atoms with van der Waals surface area (Å²) >= 11 is 1.65. The van der Waals surface area contributed by atoms with Crippen molar-refractivity contribution in [3.63, 3.8) is 0 Å². The second kappa shape index (κ2) is 7.77. The molecule has 0 radical (unpaired) electrons. The van der Waals surface area contributed by atoms with Crippen LogP contribution in [0.3, 0.4) is 0 Å². The van der Waals surface area contributed by atoms with E-state index in [1.54, 1.807) is 11.3 Å². The minimum absolute atomic E-state index is 0.0432. The molecular weight excluding hydrogens is 388 g/mol. The molecule has 2 N–H and O–H groups in total. The summed E-state index contributed by atoms with van der Waals surface area (Å²) in [6.07, 6.45) is 0. The first-order chi connectivity index (χ1) is 13.8. The van der Waals surface area contributed by atoms with Crippen molar-refractivity contribution in [1.29, 1.82) is 0 Å². The normalized spacial score (nSPS) is 12.6. The molecule has 0 saturated carbocycles. The fraction of sp³-hybridized carbons (Fsp3) is 0.407. The number of hydrogen-bond acceptors (Lipinski definition) is 3. The Morgan fingerprint density at radius 3 is 1.50 bits per heavy atom. The zero-order valence-electron chi connectivity index (χ0n) is 19.4. The van der Waals surface area contributed by atoms with Gasteiger partial charge < -0.3 is 10.2 Å². The highest BCUT2D eigenvalue weighted by Gasteiger charge is 2.29. The van der Waals surface area contributed by atoms with Gasteiger partial charge in [0.05, 0.1) is 5.92 Å². The molecule has 0 saturated heterocycles. The van der Waals surface area contributed by atoms with E-state index in [4.69, 9.17) is 0 Å². The number of benzene rings is 2. The predicted octanol–water partition coefficient (Wildman–Crippen LogP) is 7.55. The second-order valence-electron chi connectivity index (χ2n) is 10.4. The maximum atomic E-state index is 11.1. The molecule has 3 aromatic rings. The lowest BCUT2D eigenvalue weighted by Gasteiger charge is -2.28. The molecule has 0 spiro atoms. The zero-order chi connectivity index (χ0) is 22.4. The van der Waals surface area contributed by atoms with Crippen LogP contribution in [0.2, 0.25) is 0 Å². The molecule has 0 aliphatic heterocycles. The van der Waals surface area contributed by atoms with Crippen molar-refractivity contribution in [2.75, 3.05) is 0 Å². The first-order valence-corrected chi connectivity index (χ1v) is 11.4. The van der Waals surface area contributed by atoms with Crippen LogP contribution in [0.25, 0.3) is 0 Å². The Morgan fingerprint density at radius 1 is 0.733 bits per heavy atom. The van der Waals surface area contributed by atoms with Crippen LogP contribution in [0, 0.1) is 13.8 Å². The Balaban J connectivity index is 2.36. The molecule has 160 valence electrons. The van der Waals surface area contributed by atoms with E-state index < -0.39 is 0 Å². The molecule has 30 heavy (non-hydrogen) atoms. The summed E-state index contributed by atoms with van der Waals surface area (Å²) in [5, 5.41) is 24.3. The Hall–Kier alpha value is -2.26. The third kappa shape index (κ3) is 4.27. The molecule has 0 atom stereocenters. The average Bonchev–Trinajstić information content (AvgIpc) is 3.14. The molecule has 0 amide bonds. The standard InChI is InChI=1S/C27H34O2S/c1-16-12-18(26(3,4)5)14-20(24(16)28)23(22-10-9-11-30-22)21-15-19(27(6,7)8)13-17(2)25(21)29/h9-15,23,28-29H,1-8H3. The highest BCUT2D eigenvalue weighted by atomic mass is 32.1. The Labute approximate surface area is 185 Å². The molecule has 3 heteroatoms. The van der Waals surface area contributed by atoms with Gasteiger partial charge in [0.1, 0.15) is 11.5 Å². The summed E-state index contributed by atoms with van der Waals surface area (Å²) in [4.78, 5) is 1.11. The van der Waals surface area contributed by atoms with Crippen LogP contribution in [0.5, 0.6) is 11.5 Å². The Bertz CT molecular complexity index is 978. The number of thiophene rings is 1. The second-order valence-corrected chi connectivity index (χ2v) is 11.4. The average molecular weight is 423 g/mol. The van der Waals surface area contributed by atoms with Crippen LogP contribution in [0.1, 0.15) is 85.7 Å². The number of phenols is 2. The van der Waals surface area contributed by atoms with Crippen molar-refractivity contribution >= 4 is 11.3 Å². The van der Waals surface area contributed by atoms with E-state index in [9.17, 15) is 10.2 Å². The van der Waals surface area contributed by atoms with Crippen LogP contribution >= 0.6 is 11.3 Å². The van der Waals surface area contributed by atoms with E-state index in [-0.39, 0.29) is 16.7 Å². The predicted molar refractivity (Wildman–Crippen MR) is 128 cm³/mol. The minimum atomic E-state index is -0.230. The summed E-state index contributed by atoms with van der Waals surface area (Å²) in [6.45, 7) is 17.0. The van der Waals surface area contributed by atoms with Crippen molar-refractivity contribution in [3.05, 3.63) is 80.0 Å². The molecule has 1 aromatic heterocycles. The van der Waals surface area contributed by atoms with Gasteiger partial charge in [-0.1, -0.05) is 71.9 Å². The van der Waals surface area contributed by atoms with Gasteiger partial charge in [-0.05, 0) is 58.4 Å². The van der Waals surface area contributed by atoms with E-state index in [0.29, 0.717) is 11.5 Å². The topological polar surface area (TPSA) is 40.5 Å². The lowest BCUT2D eigenvalue weighted by atomic mass is 9.78. The van der Waals surface area contributed by atoms with Crippen LogP contribution in [0.4, 0.5) is 0 Å². The zero-order valence-corrected chi connectivity index (χ0v) is 20.2. The summed E-state index contributed by atoms with van der Waals surface area (Å²) in [6, 6.07) is 12.5. The number of aromatic hydroxyl groups is 2. The van der Waals surface area contributed by atoms with Gasteiger partial charge in [0.25, 0.3) is 0 Å². The molecule has 1 heterocycles. The molecule has 3 rings (SSSR count). The minimum Gasteiger partial charge on any atom is -0.507 e. The van der Waals surface area contributed by atoms with E-state index in [2.05, 4.69) is 77.3 Å². The van der Waals surface area contributed by atoms with E-state index in [0.717, 1.165) is 27.1 Å². The Morgan fingerprint density at radius 2 is 1.17 bits per heavy atom. The van der Waals surface area contributed by atoms with Gasteiger partial charge in [-0.25, -0.2) is 0 Å². The van der Waals surface area contributed by atoms with Gasteiger partial charge in [-0.2, -0.15) is 0 Å². The number of rotatable bonds is 3. The quantitative estimate of drug-likeness (QED) is 0.457. The van der Waals surface area contributed by atoms with E-state index in [1.807, 2.05) is 19.9 Å². The van der Waals surface area contributed by atoms with Crippen molar-refractivity contribution in [2.24, 2.45) is 0 Å². The van der Waals surface area contributed by atoms with Crippen LogP contribution in [-0.2, 0) is 10.8 Å². The van der Waals surface area contributed by atoms with Crippen LogP contribution in [0.15, 0.2) is 41.8 Å². The van der Waals surface area contributed by atoms with Gasteiger partial charge in [0.15, 0.2) is 0 Å².